The quantitative estimate of drug-likeness (QED) is 0.757. The van der Waals surface area contributed by atoms with Gasteiger partial charge in [0.25, 0.3) is 0 Å². The van der Waals surface area contributed by atoms with Crippen LogP contribution in [0.5, 0.6) is 0 Å². The summed E-state index contributed by atoms with van der Waals surface area (Å²) in [5.41, 5.74) is 8.89. The van der Waals surface area contributed by atoms with Crippen LogP contribution in [-0.4, -0.2) is 5.78 Å². The fourth-order valence-corrected chi connectivity index (χ4v) is 2.08. The molecule has 0 bridgehead atoms. The van der Waals surface area contributed by atoms with Gasteiger partial charge >= 0.3 is 0 Å². The van der Waals surface area contributed by atoms with Crippen molar-refractivity contribution in [3.63, 3.8) is 0 Å². The molecular formula is C13H15NO. The first-order valence-corrected chi connectivity index (χ1v) is 5.20. The van der Waals surface area contributed by atoms with Gasteiger partial charge in [-0.25, -0.2) is 0 Å². The van der Waals surface area contributed by atoms with Crippen molar-refractivity contribution in [3.8, 4) is 0 Å². The van der Waals surface area contributed by atoms with E-state index in [9.17, 15) is 4.79 Å². The Balaban J connectivity index is 2.26. The number of allylic oxidation sites excluding steroid dienone is 2. The number of aryl methyl sites for hydroxylation is 1. The predicted molar refractivity (Wildman–Crippen MR) is 60.4 cm³/mol. The fraction of sp³-hybridized carbons (Fsp3) is 0.308. The Hall–Kier alpha value is -1.57. The largest absolute Gasteiger partial charge is 0.402 e. The summed E-state index contributed by atoms with van der Waals surface area (Å²) in [6.45, 7) is 2.06. The molecule has 2 N–H and O–H groups in total. The second kappa shape index (κ2) is 3.89. The summed E-state index contributed by atoms with van der Waals surface area (Å²) >= 11 is 0. The molecule has 0 aromatic heterocycles. The van der Waals surface area contributed by atoms with Crippen molar-refractivity contribution in [1.29, 1.82) is 0 Å². The van der Waals surface area contributed by atoms with Crippen LogP contribution in [0.1, 0.15) is 29.9 Å². The Kier molecular flexibility index (Phi) is 2.58. The summed E-state index contributed by atoms with van der Waals surface area (Å²) in [5, 5.41) is 0. The number of carbonyl (C=O) groups excluding carboxylic acids is 1. The van der Waals surface area contributed by atoms with E-state index in [0.29, 0.717) is 12.1 Å². The van der Waals surface area contributed by atoms with Gasteiger partial charge in [-0.3, -0.25) is 4.79 Å². The van der Waals surface area contributed by atoms with Crippen molar-refractivity contribution in [2.24, 2.45) is 5.73 Å². The molecule has 1 aliphatic rings. The molecule has 0 saturated heterocycles. The molecule has 1 atom stereocenters. The lowest BCUT2D eigenvalue weighted by atomic mass is 9.85. The molecule has 0 fully saturated rings. The maximum Gasteiger partial charge on any atom is 0.158 e. The van der Waals surface area contributed by atoms with Gasteiger partial charge in [0.1, 0.15) is 0 Å². The average Bonchev–Trinajstić information content (AvgIpc) is 2.16. The van der Waals surface area contributed by atoms with Gasteiger partial charge in [0.05, 0.1) is 0 Å². The lowest BCUT2D eigenvalue weighted by Gasteiger charge is -2.20. The molecule has 0 heterocycles. The molecular weight excluding hydrogens is 186 g/mol. The highest BCUT2D eigenvalue weighted by Gasteiger charge is 2.20. The first-order valence-electron chi connectivity index (χ1n) is 5.20. The van der Waals surface area contributed by atoms with Gasteiger partial charge in [-0.15, -0.1) is 0 Å². The number of benzene rings is 1. The predicted octanol–water partition coefficient (Wildman–Crippen LogP) is 2.28. The molecule has 1 aromatic rings. The molecule has 15 heavy (non-hydrogen) atoms. The Morgan fingerprint density at radius 1 is 1.33 bits per heavy atom. The minimum absolute atomic E-state index is 0.144. The van der Waals surface area contributed by atoms with E-state index in [1.54, 1.807) is 6.08 Å². The topological polar surface area (TPSA) is 43.1 Å². The minimum Gasteiger partial charge on any atom is -0.402 e. The van der Waals surface area contributed by atoms with Crippen LogP contribution in [0, 0.1) is 6.92 Å². The molecule has 78 valence electrons. The highest BCUT2D eigenvalue weighted by atomic mass is 16.1. The number of ketones is 1. The standard InChI is InChI=1S/C13H15NO/c1-9-3-2-4-10(5-9)11-6-12(14)8-13(15)7-11/h2-5,8,11H,6-7,14H2,1H3/t11-/m0/s1. The van der Waals surface area contributed by atoms with Crippen LogP contribution in [0.3, 0.4) is 0 Å². The van der Waals surface area contributed by atoms with E-state index in [0.717, 1.165) is 6.42 Å². The SMILES string of the molecule is Cc1cccc([C@@H]2CC(=O)C=C(N)C2)c1. The fourth-order valence-electron chi connectivity index (χ4n) is 2.08. The van der Waals surface area contributed by atoms with Gasteiger partial charge in [0, 0.05) is 12.1 Å². The maximum absolute atomic E-state index is 11.4. The van der Waals surface area contributed by atoms with E-state index < -0.39 is 0 Å². The van der Waals surface area contributed by atoms with Crippen LogP contribution in [0.2, 0.25) is 0 Å². The molecule has 0 amide bonds. The number of hydrogen-bond donors (Lipinski definition) is 1. The van der Waals surface area contributed by atoms with Crippen molar-refractivity contribution >= 4 is 5.78 Å². The van der Waals surface area contributed by atoms with Crippen molar-refractivity contribution in [3.05, 3.63) is 47.2 Å². The maximum atomic E-state index is 11.4. The molecule has 2 nitrogen and oxygen atoms in total. The monoisotopic (exact) mass is 201 g/mol. The summed E-state index contributed by atoms with van der Waals surface area (Å²) in [5.74, 6) is 0.410. The van der Waals surface area contributed by atoms with Gasteiger partial charge < -0.3 is 5.73 Å². The molecule has 0 radical (unpaired) electrons. The smallest absolute Gasteiger partial charge is 0.158 e. The average molecular weight is 201 g/mol. The number of rotatable bonds is 1. The zero-order valence-electron chi connectivity index (χ0n) is 8.86. The highest BCUT2D eigenvalue weighted by molar-refractivity contribution is 5.91. The van der Waals surface area contributed by atoms with Crippen LogP contribution in [0.15, 0.2) is 36.0 Å². The van der Waals surface area contributed by atoms with Crippen molar-refractivity contribution in [1.82, 2.24) is 0 Å². The van der Waals surface area contributed by atoms with Gasteiger partial charge in [-0.2, -0.15) is 0 Å². The Morgan fingerprint density at radius 2 is 2.13 bits per heavy atom. The lowest BCUT2D eigenvalue weighted by molar-refractivity contribution is -0.115. The van der Waals surface area contributed by atoms with E-state index in [4.69, 9.17) is 5.73 Å². The number of hydrogen-bond acceptors (Lipinski definition) is 2. The molecule has 0 aliphatic heterocycles. The molecule has 1 aromatic carbocycles. The summed E-state index contributed by atoms with van der Waals surface area (Å²) in [7, 11) is 0. The van der Waals surface area contributed by atoms with Gasteiger partial charge in [0.2, 0.25) is 0 Å². The third-order valence-corrected chi connectivity index (χ3v) is 2.79. The van der Waals surface area contributed by atoms with Crippen LogP contribution in [0.4, 0.5) is 0 Å². The molecule has 0 unspecified atom stereocenters. The zero-order chi connectivity index (χ0) is 10.8. The summed E-state index contributed by atoms with van der Waals surface area (Å²) in [4.78, 5) is 11.4. The Morgan fingerprint density at radius 3 is 2.80 bits per heavy atom. The van der Waals surface area contributed by atoms with E-state index in [2.05, 4.69) is 25.1 Å². The van der Waals surface area contributed by atoms with Crippen LogP contribution in [0.25, 0.3) is 0 Å². The second-order valence-electron chi connectivity index (χ2n) is 4.20. The van der Waals surface area contributed by atoms with Gasteiger partial charge in [-0.05, 0) is 30.9 Å². The molecule has 0 saturated carbocycles. The van der Waals surface area contributed by atoms with Crippen LogP contribution >= 0.6 is 0 Å². The van der Waals surface area contributed by atoms with E-state index in [1.807, 2.05) is 6.07 Å². The van der Waals surface area contributed by atoms with Gasteiger partial charge in [-0.1, -0.05) is 29.8 Å². The first-order chi connectivity index (χ1) is 7.15. The highest BCUT2D eigenvalue weighted by Crippen LogP contribution is 2.29. The van der Waals surface area contributed by atoms with E-state index >= 15 is 0 Å². The second-order valence-corrected chi connectivity index (χ2v) is 4.20. The van der Waals surface area contributed by atoms with Crippen LogP contribution < -0.4 is 5.73 Å². The minimum atomic E-state index is 0.144. The Bertz CT molecular complexity index is 420. The molecule has 2 heteroatoms. The molecule has 2 rings (SSSR count). The summed E-state index contributed by atoms with van der Waals surface area (Å²) in [6.07, 6.45) is 2.95. The van der Waals surface area contributed by atoms with Gasteiger partial charge in [0.15, 0.2) is 5.78 Å². The van der Waals surface area contributed by atoms with E-state index in [1.165, 1.54) is 11.1 Å². The van der Waals surface area contributed by atoms with E-state index in [-0.39, 0.29) is 11.7 Å². The third-order valence-electron chi connectivity index (χ3n) is 2.79. The summed E-state index contributed by atoms with van der Waals surface area (Å²) < 4.78 is 0. The third kappa shape index (κ3) is 2.27. The number of nitrogens with two attached hydrogens (primary N) is 1. The molecule has 0 spiro atoms. The van der Waals surface area contributed by atoms with Crippen LogP contribution in [-0.2, 0) is 4.79 Å². The van der Waals surface area contributed by atoms with Crippen molar-refractivity contribution < 1.29 is 4.79 Å². The summed E-state index contributed by atoms with van der Waals surface area (Å²) in [6, 6.07) is 8.30. The number of carbonyl (C=O) groups is 1. The normalized spacial score (nSPS) is 21.3. The lowest BCUT2D eigenvalue weighted by Crippen LogP contribution is -2.16. The first kappa shape index (κ1) is 9.97. The Labute approximate surface area is 89.8 Å². The van der Waals surface area contributed by atoms with Crippen molar-refractivity contribution in [2.45, 2.75) is 25.7 Å². The zero-order valence-corrected chi connectivity index (χ0v) is 8.86. The molecule has 1 aliphatic carbocycles. The van der Waals surface area contributed by atoms with Crippen molar-refractivity contribution in [2.75, 3.05) is 0 Å².